The molecular weight excluding hydrogens is 422 g/mol. The Labute approximate surface area is 184 Å². The summed E-state index contributed by atoms with van der Waals surface area (Å²) in [5, 5.41) is 25.3. The van der Waals surface area contributed by atoms with Crippen molar-refractivity contribution in [3.8, 4) is 0 Å². The van der Waals surface area contributed by atoms with Gasteiger partial charge in [-0.1, -0.05) is 30.3 Å². The van der Waals surface area contributed by atoms with Gasteiger partial charge in [-0.2, -0.15) is 0 Å². The highest BCUT2D eigenvalue weighted by atomic mass is 16.4. The summed E-state index contributed by atoms with van der Waals surface area (Å²) >= 11 is 0. The SMILES string of the molecule is CC(NC(=O)C(N)Cc1ccccc1)C(=O)NC(CC(N)=O)C(=O)NC(C(=O)O)C(C)O. The minimum absolute atomic E-state index is 0.240. The van der Waals surface area contributed by atoms with Crippen LogP contribution in [0.15, 0.2) is 30.3 Å². The number of primary amides is 1. The molecule has 0 fully saturated rings. The summed E-state index contributed by atoms with van der Waals surface area (Å²) in [4.78, 5) is 59.6. The zero-order valence-electron chi connectivity index (χ0n) is 17.8. The molecular formula is C20H29N5O7. The van der Waals surface area contributed by atoms with Crippen LogP contribution in [0.2, 0.25) is 0 Å². The van der Waals surface area contributed by atoms with Crippen LogP contribution in [0.1, 0.15) is 25.8 Å². The highest BCUT2D eigenvalue weighted by Crippen LogP contribution is 2.03. The zero-order chi connectivity index (χ0) is 24.4. The van der Waals surface area contributed by atoms with Crippen LogP contribution < -0.4 is 27.4 Å². The monoisotopic (exact) mass is 451 g/mol. The van der Waals surface area contributed by atoms with Crippen molar-refractivity contribution in [2.24, 2.45) is 11.5 Å². The van der Waals surface area contributed by atoms with E-state index in [4.69, 9.17) is 16.6 Å². The molecule has 0 bridgehead atoms. The van der Waals surface area contributed by atoms with Crippen LogP contribution in [0, 0.1) is 0 Å². The number of hydrogen-bond acceptors (Lipinski definition) is 7. The van der Waals surface area contributed by atoms with Crippen LogP contribution in [0.25, 0.3) is 0 Å². The van der Waals surface area contributed by atoms with Crippen molar-refractivity contribution >= 4 is 29.6 Å². The molecule has 1 aromatic rings. The van der Waals surface area contributed by atoms with Crippen LogP contribution in [0.3, 0.4) is 0 Å². The third-order valence-corrected chi connectivity index (χ3v) is 4.47. The number of benzene rings is 1. The van der Waals surface area contributed by atoms with Crippen molar-refractivity contribution in [3.63, 3.8) is 0 Å². The lowest BCUT2D eigenvalue weighted by Crippen LogP contribution is -2.58. The number of carboxylic acid groups (broad SMARTS) is 1. The summed E-state index contributed by atoms with van der Waals surface area (Å²) in [5.41, 5.74) is 11.8. The number of carboxylic acids is 1. The maximum atomic E-state index is 12.4. The second-order valence-electron chi connectivity index (χ2n) is 7.32. The highest BCUT2D eigenvalue weighted by molar-refractivity contribution is 5.96. The summed E-state index contributed by atoms with van der Waals surface area (Å²) in [6, 6.07) is 3.78. The molecule has 5 atom stereocenters. The van der Waals surface area contributed by atoms with Gasteiger partial charge in [0.05, 0.1) is 18.6 Å². The van der Waals surface area contributed by atoms with E-state index in [1.54, 1.807) is 24.3 Å². The number of aliphatic hydroxyl groups is 1. The van der Waals surface area contributed by atoms with Gasteiger partial charge in [0, 0.05) is 0 Å². The Balaban J connectivity index is 2.75. The number of aliphatic hydroxyl groups excluding tert-OH is 1. The molecule has 176 valence electrons. The Morgan fingerprint density at radius 3 is 2.03 bits per heavy atom. The van der Waals surface area contributed by atoms with Crippen molar-refractivity contribution in [1.82, 2.24) is 16.0 Å². The third-order valence-electron chi connectivity index (χ3n) is 4.47. The van der Waals surface area contributed by atoms with Crippen molar-refractivity contribution < 1.29 is 34.2 Å². The molecule has 4 amide bonds. The molecule has 12 nitrogen and oxygen atoms in total. The number of nitrogens with one attached hydrogen (secondary N) is 3. The molecule has 5 unspecified atom stereocenters. The summed E-state index contributed by atoms with van der Waals surface area (Å²) < 4.78 is 0. The predicted molar refractivity (Wildman–Crippen MR) is 113 cm³/mol. The van der Waals surface area contributed by atoms with E-state index in [2.05, 4.69) is 10.6 Å². The number of rotatable bonds is 12. The molecule has 0 spiro atoms. The lowest BCUT2D eigenvalue weighted by Gasteiger charge is -2.24. The Bertz CT molecular complexity index is 831. The lowest BCUT2D eigenvalue weighted by molar-refractivity contribution is -0.145. The van der Waals surface area contributed by atoms with E-state index in [1.807, 2.05) is 11.4 Å². The molecule has 1 rings (SSSR count). The maximum Gasteiger partial charge on any atom is 0.328 e. The van der Waals surface area contributed by atoms with Crippen molar-refractivity contribution in [2.75, 3.05) is 0 Å². The summed E-state index contributed by atoms with van der Waals surface area (Å²) in [5.74, 6) is -4.91. The molecule has 0 aromatic heterocycles. The fourth-order valence-electron chi connectivity index (χ4n) is 2.70. The minimum Gasteiger partial charge on any atom is -0.480 e. The minimum atomic E-state index is -1.66. The summed E-state index contributed by atoms with van der Waals surface area (Å²) in [7, 11) is 0. The lowest BCUT2D eigenvalue weighted by atomic mass is 10.1. The summed E-state index contributed by atoms with van der Waals surface area (Å²) in [6.45, 7) is 2.49. The number of carbonyl (C=O) groups excluding carboxylic acids is 4. The molecule has 0 radical (unpaired) electrons. The number of nitrogens with two attached hydrogens (primary N) is 2. The van der Waals surface area contributed by atoms with Crippen molar-refractivity contribution in [1.29, 1.82) is 0 Å². The van der Waals surface area contributed by atoms with Gasteiger partial charge in [-0.05, 0) is 25.8 Å². The molecule has 1 aromatic carbocycles. The van der Waals surface area contributed by atoms with Crippen LogP contribution >= 0.6 is 0 Å². The standard InChI is InChI=1S/C20H29N5O7/c1-10(23-18(29)13(21)8-12-6-4-3-5-7-12)17(28)24-14(9-15(22)27)19(30)25-16(11(2)26)20(31)32/h3-7,10-11,13-14,16,26H,8-9,21H2,1-2H3,(H2,22,27)(H,23,29)(H,24,28)(H,25,30)(H,31,32). The average molecular weight is 451 g/mol. The first kappa shape index (κ1) is 26.5. The Morgan fingerprint density at radius 1 is 0.938 bits per heavy atom. The number of aliphatic carboxylic acids is 1. The molecule has 32 heavy (non-hydrogen) atoms. The van der Waals surface area contributed by atoms with Crippen molar-refractivity contribution in [2.45, 2.75) is 57.0 Å². The number of carbonyl (C=O) groups is 5. The maximum absolute atomic E-state index is 12.4. The normalized spacial score (nSPS) is 15.4. The van der Waals surface area contributed by atoms with Gasteiger partial charge >= 0.3 is 5.97 Å². The zero-order valence-corrected chi connectivity index (χ0v) is 17.8. The van der Waals surface area contributed by atoms with Gasteiger partial charge in [-0.15, -0.1) is 0 Å². The molecule has 0 heterocycles. The smallest absolute Gasteiger partial charge is 0.328 e. The first-order valence-corrected chi connectivity index (χ1v) is 9.82. The van der Waals surface area contributed by atoms with Crippen LogP contribution in [0.4, 0.5) is 0 Å². The van der Waals surface area contributed by atoms with Crippen LogP contribution in [-0.2, 0) is 30.4 Å². The van der Waals surface area contributed by atoms with Crippen LogP contribution in [0.5, 0.6) is 0 Å². The van der Waals surface area contributed by atoms with Crippen LogP contribution in [-0.4, -0.2) is 70.1 Å². The highest BCUT2D eigenvalue weighted by Gasteiger charge is 2.31. The first-order chi connectivity index (χ1) is 14.9. The van der Waals surface area contributed by atoms with Gasteiger partial charge in [0.1, 0.15) is 12.1 Å². The number of amides is 4. The summed E-state index contributed by atoms with van der Waals surface area (Å²) in [6.07, 6.45) is -1.83. The Hall–Kier alpha value is -3.51. The van der Waals surface area contributed by atoms with E-state index in [0.29, 0.717) is 0 Å². The second kappa shape index (κ2) is 12.4. The quantitative estimate of drug-likeness (QED) is 0.178. The Morgan fingerprint density at radius 2 is 1.53 bits per heavy atom. The van der Waals surface area contributed by atoms with Gasteiger partial charge in [-0.25, -0.2) is 4.79 Å². The van der Waals surface area contributed by atoms with Gasteiger partial charge < -0.3 is 37.6 Å². The molecule has 0 aliphatic carbocycles. The molecule has 0 aliphatic heterocycles. The van der Waals surface area contributed by atoms with E-state index in [9.17, 15) is 29.1 Å². The molecule has 9 N–H and O–H groups in total. The average Bonchev–Trinajstić information content (AvgIpc) is 2.70. The van der Waals surface area contributed by atoms with E-state index in [1.165, 1.54) is 6.92 Å². The Kier molecular flexibility index (Phi) is 10.3. The third kappa shape index (κ3) is 8.70. The first-order valence-electron chi connectivity index (χ1n) is 9.82. The van der Waals surface area contributed by atoms with Gasteiger partial charge in [0.2, 0.25) is 23.6 Å². The largest absolute Gasteiger partial charge is 0.480 e. The predicted octanol–water partition coefficient (Wildman–Crippen LogP) is -2.63. The molecule has 0 saturated heterocycles. The van der Waals surface area contributed by atoms with E-state index in [0.717, 1.165) is 12.5 Å². The van der Waals surface area contributed by atoms with Crippen molar-refractivity contribution in [3.05, 3.63) is 35.9 Å². The fourth-order valence-corrected chi connectivity index (χ4v) is 2.70. The molecule has 0 saturated carbocycles. The fraction of sp³-hybridized carbons (Fsp3) is 0.450. The van der Waals surface area contributed by atoms with E-state index < -0.39 is 66.3 Å². The molecule has 12 heteroatoms. The topological polar surface area (TPSA) is 214 Å². The van der Waals surface area contributed by atoms with E-state index >= 15 is 0 Å². The second-order valence-corrected chi connectivity index (χ2v) is 7.32. The molecule has 0 aliphatic rings. The number of hydrogen-bond donors (Lipinski definition) is 7. The van der Waals surface area contributed by atoms with Gasteiger partial charge in [0.25, 0.3) is 0 Å². The van der Waals surface area contributed by atoms with E-state index in [-0.39, 0.29) is 6.42 Å². The van der Waals surface area contributed by atoms with Gasteiger partial charge in [-0.3, -0.25) is 19.2 Å². The van der Waals surface area contributed by atoms with Gasteiger partial charge in [0.15, 0.2) is 6.04 Å².